The maximum Gasteiger partial charge on any atom is 0.471 e. The summed E-state index contributed by atoms with van der Waals surface area (Å²) in [4.78, 5) is 10.3. The molecule has 2 nitrogen and oxygen atoms in total. The Morgan fingerprint density at radius 2 is 2.17 bits per heavy atom. The molecule has 0 radical (unpaired) electrons. The van der Waals surface area contributed by atoms with Crippen molar-refractivity contribution >= 4 is 22.2 Å². The Kier molecular flexibility index (Phi) is 2.37. The Labute approximate surface area is 70.0 Å². The van der Waals surface area contributed by atoms with Crippen LogP contribution in [0.1, 0.15) is 0 Å². The number of hydrogen-bond donors (Lipinski definition) is 1. The molecule has 0 aliphatic carbocycles. The average Bonchev–Trinajstić information content (AvgIpc) is 2.37. The molecule has 0 aliphatic heterocycles. The highest BCUT2D eigenvalue weighted by atomic mass is 32.1. The third-order valence-corrected chi connectivity index (χ3v) is 1.80. The van der Waals surface area contributed by atoms with Gasteiger partial charge in [0, 0.05) is 0 Å². The molecular formula is C6H4F3NOS. The smallest absolute Gasteiger partial charge is 0.310 e. The molecule has 1 amide bonds. The van der Waals surface area contributed by atoms with Crippen molar-refractivity contribution in [3.8, 4) is 0 Å². The molecule has 66 valence electrons. The van der Waals surface area contributed by atoms with Crippen LogP contribution in [0.4, 0.5) is 18.2 Å². The number of amides is 1. The lowest BCUT2D eigenvalue weighted by Crippen LogP contribution is -2.29. The van der Waals surface area contributed by atoms with E-state index < -0.39 is 12.1 Å². The van der Waals surface area contributed by atoms with Crippen molar-refractivity contribution in [2.45, 2.75) is 6.18 Å². The molecule has 1 N–H and O–H groups in total. The molecule has 0 saturated heterocycles. The first-order valence-electron chi connectivity index (χ1n) is 2.92. The van der Waals surface area contributed by atoms with Gasteiger partial charge in [-0.2, -0.15) is 13.2 Å². The van der Waals surface area contributed by atoms with Crippen LogP contribution in [0.3, 0.4) is 0 Å². The standard InChI is InChI=1S/C6H4F3NOS/c7-6(8,9)5(11)10-4-2-1-3-12-4/h1-3H,(H,10,11). The van der Waals surface area contributed by atoms with Gasteiger partial charge in [-0.3, -0.25) is 4.79 Å². The number of hydrogen-bond acceptors (Lipinski definition) is 2. The Bertz CT molecular complexity index is 267. The molecule has 0 aliphatic rings. The van der Waals surface area contributed by atoms with E-state index in [4.69, 9.17) is 0 Å². The van der Waals surface area contributed by atoms with Crippen molar-refractivity contribution in [1.29, 1.82) is 0 Å². The number of alkyl halides is 3. The monoisotopic (exact) mass is 195 g/mol. The first kappa shape index (κ1) is 9.05. The Morgan fingerprint density at radius 1 is 1.50 bits per heavy atom. The molecule has 0 spiro atoms. The Morgan fingerprint density at radius 3 is 2.58 bits per heavy atom. The maximum absolute atomic E-state index is 11.6. The van der Waals surface area contributed by atoms with E-state index >= 15 is 0 Å². The van der Waals surface area contributed by atoms with Crippen molar-refractivity contribution in [3.63, 3.8) is 0 Å². The molecule has 0 fully saturated rings. The molecule has 12 heavy (non-hydrogen) atoms. The quantitative estimate of drug-likeness (QED) is 0.731. The first-order valence-corrected chi connectivity index (χ1v) is 3.80. The van der Waals surface area contributed by atoms with Crippen LogP contribution in [0.5, 0.6) is 0 Å². The normalized spacial score (nSPS) is 11.2. The molecule has 6 heteroatoms. The molecular weight excluding hydrogens is 191 g/mol. The van der Waals surface area contributed by atoms with Gasteiger partial charge in [-0.15, -0.1) is 11.3 Å². The fraction of sp³-hybridized carbons (Fsp3) is 0.167. The number of carbonyl (C=O) groups is 1. The third-order valence-electron chi connectivity index (χ3n) is 1.02. The van der Waals surface area contributed by atoms with E-state index in [1.807, 2.05) is 0 Å². The van der Waals surface area contributed by atoms with Gasteiger partial charge in [0.05, 0.1) is 5.00 Å². The van der Waals surface area contributed by atoms with Crippen LogP contribution in [0, 0.1) is 0 Å². The van der Waals surface area contributed by atoms with Crippen LogP contribution in [0.25, 0.3) is 0 Å². The maximum atomic E-state index is 11.6. The Balaban J connectivity index is 2.60. The zero-order valence-electron chi connectivity index (χ0n) is 5.68. The minimum atomic E-state index is -4.82. The van der Waals surface area contributed by atoms with Gasteiger partial charge in [0.2, 0.25) is 0 Å². The van der Waals surface area contributed by atoms with Gasteiger partial charge in [0.25, 0.3) is 0 Å². The number of rotatable bonds is 1. The second-order valence-electron chi connectivity index (χ2n) is 1.93. The number of carbonyl (C=O) groups excluding carboxylic acids is 1. The fourth-order valence-electron chi connectivity index (χ4n) is 0.532. The molecule has 0 atom stereocenters. The van der Waals surface area contributed by atoms with E-state index in [0.717, 1.165) is 11.3 Å². The van der Waals surface area contributed by atoms with Gasteiger partial charge in [-0.05, 0) is 17.5 Å². The summed E-state index contributed by atoms with van der Waals surface area (Å²) in [5, 5.41) is 3.48. The second kappa shape index (κ2) is 3.14. The lowest BCUT2D eigenvalue weighted by molar-refractivity contribution is -0.167. The number of nitrogens with one attached hydrogen (secondary N) is 1. The lowest BCUT2D eigenvalue weighted by atomic mass is 10.5. The minimum Gasteiger partial charge on any atom is -0.310 e. The van der Waals surface area contributed by atoms with E-state index in [0.29, 0.717) is 0 Å². The van der Waals surface area contributed by atoms with E-state index in [2.05, 4.69) is 0 Å². The summed E-state index contributed by atoms with van der Waals surface area (Å²) in [5.41, 5.74) is 0. The van der Waals surface area contributed by atoms with Gasteiger partial charge < -0.3 is 5.32 Å². The average molecular weight is 195 g/mol. The van der Waals surface area contributed by atoms with E-state index in [1.165, 1.54) is 6.07 Å². The number of anilines is 1. The molecule has 0 aromatic carbocycles. The van der Waals surface area contributed by atoms with Gasteiger partial charge in [0.1, 0.15) is 0 Å². The van der Waals surface area contributed by atoms with Crippen LogP contribution >= 0.6 is 11.3 Å². The van der Waals surface area contributed by atoms with Crippen molar-refractivity contribution < 1.29 is 18.0 Å². The SMILES string of the molecule is O=C(Nc1cccs1)C(F)(F)F. The highest BCUT2D eigenvalue weighted by Gasteiger charge is 2.38. The van der Waals surface area contributed by atoms with Gasteiger partial charge in [-0.25, -0.2) is 0 Å². The third kappa shape index (κ3) is 2.23. The summed E-state index contributed by atoms with van der Waals surface area (Å²) in [5.74, 6) is -1.94. The van der Waals surface area contributed by atoms with Crippen LogP contribution in [-0.4, -0.2) is 12.1 Å². The van der Waals surface area contributed by atoms with Crippen LogP contribution < -0.4 is 5.32 Å². The molecule has 0 unspecified atom stereocenters. The summed E-state index contributed by atoms with van der Waals surface area (Å²) in [7, 11) is 0. The van der Waals surface area contributed by atoms with Gasteiger partial charge in [0.15, 0.2) is 0 Å². The van der Waals surface area contributed by atoms with Crippen LogP contribution in [0.2, 0.25) is 0 Å². The summed E-state index contributed by atoms with van der Waals surface area (Å²) < 4.78 is 34.9. The predicted octanol–water partition coefficient (Wildman–Crippen LogP) is 2.25. The van der Waals surface area contributed by atoms with E-state index in [-0.39, 0.29) is 5.00 Å². The number of thiophene rings is 1. The highest BCUT2D eigenvalue weighted by Crippen LogP contribution is 2.20. The van der Waals surface area contributed by atoms with E-state index in [1.54, 1.807) is 16.8 Å². The Hall–Kier alpha value is -1.04. The largest absolute Gasteiger partial charge is 0.471 e. The highest BCUT2D eigenvalue weighted by molar-refractivity contribution is 7.14. The summed E-state index contributed by atoms with van der Waals surface area (Å²) in [6, 6.07) is 2.95. The summed E-state index contributed by atoms with van der Waals surface area (Å²) in [6.07, 6.45) is -4.82. The molecule has 1 heterocycles. The summed E-state index contributed by atoms with van der Waals surface area (Å²) >= 11 is 1.04. The first-order chi connectivity index (χ1) is 5.50. The van der Waals surface area contributed by atoms with Gasteiger partial charge in [-0.1, -0.05) is 0 Å². The molecule has 1 aromatic rings. The van der Waals surface area contributed by atoms with Crippen molar-refractivity contribution in [1.82, 2.24) is 0 Å². The predicted molar refractivity (Wildman–Crippen MR) is 39.0 cm³/mol. The van der Waals surface area contributed by atoms with Crippen molar-refractivity contribution in [2.24, 2.45) is 0 Å². The molecule has 0 bridgehead atoms. The number of halogens is 3. The summed E-state index contributed by atoms with van der Waals surface area (Å²) in [6.45, 7) is 0. The minimum absolute atomic E-state index is 0.192. The lowest BCUT2D eigenvalue weighted by Gasteiger charge is -2.04. The van der Waals surface area contributed by atoms with Crippen molar-refractivity contribution in [3.05, 3.63) is 17.5 Å². The second-order valence-corrected chi connectivity index (χ2v) is 2.88. The van der Waals surface area contributed by atoms with Crippen molar-refractivity contribution in [2.75, 3.05) is 5.32 Å². The van der Waals surface area contributed by atoms with Crippen LogP contribution in [0.15, 0.2) is 17.5 Å². The topological polar surface area (TPSA) is 29.1 Å². The van der Waals surface area contributed by atoms with E-state index in [9.17, 15) is 18.0 Å². The molecule has 0 saturated carbocycles. The fourth-order valence-corrected chi connectivity index (χ4v) is 1.14. The van der Waals surface area contributed by atoms with Gasteiger partial charge >= 0.3 is 12.1 Å². The zero-order chi connectivity index (χ0) is 9.19. The van der Waals surface area contributed by atoms with Crippen LogP contribution in [-0.2, 0) is 4.79 Å². The molecule has 1 aromatic heterocycles. The zero-order valence-corrected chi connectivity index (χ0v) is 6.50. The molecule has 1 rings (SSSR count).